The number of ketones is 2. The van der Waals surface area contributed by atoms with Crippen molar-refractivity contribution in [1.29, 1.82) is 0 Å². The summed E-state index contributed by atoms with van der Waals surface area (Å²) in [5, 5.41) is 0. The molecule has 40 heavy (non-hydrogen) atoms. The van der Waals surface area contributed by atoms with Gasteiger partial charge in [0.2, 0.25) is 0 Å². The molecule has 0 bridgehead atoms. The van der Waals surface area contributed by atoms with Crippen molar-refractivity contribution in [2.45, 2.75) is 168 Å². The molecular formula is C36H60O4. The van der Waals surface area contributed by atoms with Crippen molar-refractivity contribution in [3.63, 3.8) is 0 Å². The Balaban J connectivity index is 1.13. The van der Waals surface area contributed by atoms with Gasteiger partial charge in [0, 0.05) is 23.7 Å². The smallest absolute Gasteiger partial charge is 0.139 e. The van der Waals surface area contributed by atoms with E-state index in [9.17, 15) is 9.59 Å². The second-order valence-electron chi connectivity index (χ2n) is 16.0. The monoisotopic (exact) mass is 556 g/mol. The highest BCUT2D eigenvalue weighted by molar-refractivity contribution is 5.84. The number of carbonyl (C=O) groups is 2. The van der Waals surface area contributed by atoms with Crippen LogP contribution in [0, 0.1) is 46.8 Å². The fourth-order valence-electron chi connectivity index (χ4n) is 9.45. The largest absolute Gasteiger partial charge is 0.374 e. The van der Waals surface area contributed by atoms with E-state index in [1.807, 2.05) is 0 Å². The molecule has 1 aliphatic heterocycles. The van der Waals surface area contributed by atoms with Crippen LogP contribution in [0.4, 0.5) is 0 Å². The molecule has 0 spiro atoms. The van der Waals surface area contributed by atoms with Crippen molar-refractivity contribution in [3.8, 4) is 0 Å². The minimum Gasteiger partial charge on any atom is -0.374 e. The summed E-state index contributed by atoms with van der Waals surface area (Å²) >= 11 is 0. The number of hydrogen-bond donors (Lipinski definition) is 0. The standard InChI is InChI=1S/C36H60O4/c1-7-35(3,4)27-15-9-23(10-16-27)33(37)25-13-19-31-29(21-25)30-22-26(14-20-32(30)39-31)34(38)24-11-17-28(18-12-24)40-36(5,6)8-2/h23-32H,7-22H2,1-6H3. The van der Waals surface area contributed by atoms with Crippen LogP contribution in [0.5, 0.6) is 0 Å². The molecule has 0 aromatic carbocycles. The van der Waals surface area contributed by atoms with Crippen molar-refractivity contribution in [2.75, 3.05) is 0 Å². The topological polar surface area (TPSA) is 52.6 Å². The number of rotatable bonds is 9. The van der Waals surface area contributed by atoms with E-state index < -0.39 is 0 Å². The SMILES string of the molecule is CCC(C)(C)OC1CCC(C(=O)C2CCC3OC4CCC(C(=O)C5CCC(C(C)(C)CC)CC5)CC4C3C2)CC1. The molecule has 0 N–H and O–H groups in total. The number of carbonyl (C=O) groups excluding carboxylic acids is 2. The highest BCUT2D eigenvalue weighted by Crippen LogP contribution is 2.52. The van der Waals surface area contributed by atoms with Crippen LogP contribution in [0.2, 0.25) is 0 Å². The maximum absolute atomic E-state index is 13.7. The molecule has 4 heteroatoms. The zero-order valence-electron chi connectivity index (χ0n) is 26.7. The van der Waals surface area contributed by atoms with Crippen LogP contribution in [0.25, 0.3) is 0 Å². The van der Waals surface area contributed by atoms with E-state index in [0.29, 0.717) is 47.1 Å². The Morgan fingerprint density at radius 1 is 0.625 bits per heavy atom. The lowest BCUT2D eigenvalue weighted by Crippen LogP contribution is -2.40. The third-order valence-electron chi connectivity index (χ3n) is 12.9. The summed E-state index contributed by atoms with van der Waals surface area (Å²) in [5.41, 5.74) is 0.333. The van der Waals surface area contributed by atoms with Crippen LogP contribution in [0.3, 0.4) is 0 Å². The van der Waals surface area contributed by atoms with E-state index in [1.54, 1.807) is 0 Å². The normalized spacial score (nSPS) is 40.8. The Morgan fingerprint density at radius 3 is 1.52 bits per heavy atom. The Bertz CT molecular complexity index is 875. The van der Waals surface area contributed by atoms with E-state index in [-0.39, 0.29) is 29.3 Å². The summed E-state index contributed by atoms with van der Waals surface area (Å²) in [6.07, 6.45) is 18.0. The van der Waals surface area contributed by atoms with Gasteiger partial charge in [0.05, 0.1) is 23.9 Å². The fourth-order valence-corrected chi connectivity index (χ4v) is 9.45. The minimum absolute atomic E-state index is 0.0659. The van der Waals surface area contributed by atoms with Gasteiger partial charge >= 0.3 is 0 Å². The number of ether oxygens (including phenoxy) is 2. The molecule has 1 saturated heterocycles. The van der Waals surface area contributed by atoms with Gasteiger partial charge in [-0.05, 0) is 133 Å². The van der Waals surface area contributed by atoms with Gasteiger partial charge in [0.15, 0.2) is 0 Å². The summed E-state index contributed by atoms with van der Waals surface area (Å²) in [5.74, 6) is 3.77. The Hall–Kier alpha value is -0.740. The average Bonchev–Trinajstić information content (AvgIpc) is 3.34. The summed E-state index contributed by atoms with van der Waals surface area (Å²) in [6.45, 7) is 13.7. The zero-order chi connectivity index (χ0) is 28.7. The Kier molecular flexibility index (Phi) is 9.58. The first-order valence-electron chi connectivity index (χ1n) is 17.4. The molecule has 228 valence electrons. The Labute approximate surface area is 245 Å². The molecular weight excluding hydrogens is 496 g/mol. The average molecular weight is 557 g/mol. The molecule has 4 nitrogen and oxygen atoms in total. The molecule has 6 atom stereocenters. The molecule has 5 aliphatic rings. The Morgan fingerprint density at radius 2 is 1.07 bits per heavy atom. The molecule has 5 fully saturated rings. The summed E-state index contributed by atoms with van der Waals surface area (Å²) < 4.78 is 13.0. The molecule has 5 rings (SSSR count). The second-order valence-corrected chi connectivity index (χ2v) is 16.0. The maximum Gasteiger partial charge on any atom is 0.139 e. The lowest BCUT2D eigenvalue weighted by molar-refractivity contribution is -0.133. The van der Waals surface area contributed by atoms with Gasteiger partial charge in [0.1, 0.15) is 11.6 Å². The maximum atomic E-state index is 13.7. The first-order chi connectivity index (χ1) is 19.0. The molecule has 0 aromatic heterocycles. The van der Waals surface area contributed by atoms with Crippen molar-refractivity contribution in [3.05, 3.63) is 0 Å². The second kappa shape index (κ2) is 12.5. The van der Waals surface area contributed by atoms with Crippen LogP contribution < -0.4 is 0 Å². The number of Topliss-reactive ketones (excluding diaryl/α,β-unsaturated/α-hetero) is 2. The molecule has 6 unspecified atom stereocenters. The predicted octanol–water partition coefficient (Wildman–Crippen LogP) is 8.73. The summed E-state index contributed by atoms with van der Waals surface area (Å²) in [4.78, 5) is 27.4. The first-order valence-corrected chi connectivity index (χ1v) is 17.4. The molecule has 0 aromatic rings. The van der Waals surface area contributed by atoms with Crippen LogP contribution >= 0.6 is 0 Å². The van der Waals surface area contributed by atoms with Gasteiger partial charge < -0.3 is 9.47 Å². The van der Waals surface area contributed by atoms with Crippen LogP contribution in [-0.2, 0) is 19.1 Å². The van der Waals surface area contributed by atoms with Crippen LogP contribution in [0.15, 0.2) is 0 Å². The van der Waals surface area contributed by atoms with Gasteiger partial charge in [-0.1, -0.05) is 34.1 Å². The minimum atomic E-state index is -0.0659. The van der Waals surface area contributed by atoms with Crippen molar-refractivity contribution < 1.29 is 19.1 Å². The molecule has 0 radical (unpaired) electrons. The van der Waals surface area contributed by atoms with Gasteiger partial charge in [-0.25, -0.2) is 0 Å². The molecule has 0 amide bonds. The van der Waals surface area contributed by atoms with E-state index in [1.165, 1.54) is 19.3 Å². The third kappa shape index (κ3) is 6.58. The van der Waals surface area contributed by atoms with Crippen LogP contribution in [-0.4, -0.2) is 35.5 Å². The van der Waals surface area contributed by atoms with Crippen LogP contribution in [0.1, 0.15) is 144 Å². The summed E-state index contributed by atoms with van der Waals surface area (Å²) in [6, 6.07) is 0. The number of hydrogen-bond acceptors (Lipinski definition) is 4. The fraction of sp³-hybridized carbons (Fsp3) is 0.944. The van der Waals surface area contributed by atoms with E-state index in [0.717, 1.165) is 89.4 Å². The first kappa shape index (κ1) is 30.7. The van der Waals surface area contributed by atoms with Gasteiger partial charge in [0.25, 0.3) is 0 Å². The summed E-state index contributed by atoms with van der Waals surface area (Å²) in [7, 11) is 0. The molecule has 4 aliphatic carbocycles. The molecule has 4 saturated carbocycles. The van der Waals surface area contributed by atoms with E-state index >= 15 is 0 Å². The van der Waals surface area contributed by atoms with Crippen molar-refractivity contribution >= 4 is 11.6 Å². The van der Waals surface area contributed by atoms with E-state index in [4.69, 9.17) is 9.47 Å². The van der Waals surface area contributed by atoms with Gasteiger partial charge in [-0.15, -0.1) is 0 Å². The lowest BCUT2D eigenvalue weighted by atomic mass is 9.63. The zero-order valence-corrected chi connectivity index (χ0v) is 26.7. The third-order valence-corrected chi connectivity index (χ3v) is 12.9. The van der Waals surface area contributed by atoms with Gasteiger partial charge in [-0.3, -0.25) is 9.59 Å². The van der Waals surface area contributed by atoms with E-state index in [2.05, 4.69) is 41.5 Å². The number of fused-ring (bicyclic) bond motifs is 3. The highest BCUT2D eigenvalue weighted by atomic mass is 16.5. The quantitative estimate of drug-likeness (QED) is 0.285. The van der Waals surface area contributed by atoms with Crippen molar-refractivity contribution in [1.82, 2.24) is 0 Å². The predicted molar refractivity (Wildman–Crippen MR) is 161 cm³/mol. The highest BCUT2D eigenvalue weighted by Gasteiger charge is 2.51. The van der Waals surface area contributed by atoms with Gasteiger partial charge in [-0.2, -0.15) is 0 Å². The molecule has 1 heterocycles. The lowest BCUT2D eigenvalue weighted by Gasteiger charge is -2.40. The van der Waals surface area contributed by atoms with Crippen molar-refractivity contribution in [2.24, 2.45) is 46.8 Å².